The van der Waals surface area contributed by atoms with E-state index in [2.05, 4.69) is 36.4 Å². The van der Waals surface area contributed by atoms with E-state index in [0.717, 1.165) is 18.5 Å². The maximum atomic E-state index is 8.92. The van der Waals surface area contributed by atoms with Gasteiger partial charge < -0.3 is 5.02 Å². The van der Waals surface area contributed by atoms with E-state index < -0.39 is 0 Å². The molecule has 0 aliphatic rings. The van der Waals surface area contributed by atoms with Gasteiger partial charge in [0, 0.05) is 0 Å². The van der Waals surface area contributed by atoms with Gasteiger partial charge in [0.25, 0.3) is 0 Å². The van der Waals surface area contributed by atoms with Crippen LogP contribution in [0.4, 0.5) is 0 Å². The summed E-state index contributed by atoms with van der Waals surface area (Å²) in [6.07, 6.45) is 0. The fraction of sp³-hybridized carbons (Fsp3) is 0. The van der Waals surface area contributed by atoms with Crippen LogP contribution in [0.2, 0.25) is 0 Å². The minimum atomic E-state index is 0.819. The summed E-state index contributed by atoms with van der Waals surface area (Å²) in [5.74, 6) is 0. The van der Waals surface area contributed by atoms with E-state index in [1.807, 2.05) is 30.3 Å². The fourth-order valence-electron chi connectivity index (χ4n) is 2.13. The highest BCUT2D eigenvalue weighted by Crippen LogP contribution is 2.23. The van der Waals surface area contributed by atoms with Crippen LogP contribution in [0.3, 0.4) is 0 Å². The second-order valence-electron chi connectivity index (χ2n) is 4.31. The highest BCUT2D eigenvalue weighted by atomic mass is 16.2. The number of rotatable bonds is 2. The monoisotopic (exact) mass is 231 g/mol. The molecule has 0 saturated carbocycles. The predicted octanol–water partition coefficient (Wildman–Crippen LogP) is 2.74. The standard InChI is InChI=1S/C16H12BO/c18-17-16-9-7-13(8-10-16)15-6-5-12-3-1-2-4-14(12)11-15/h1-11,18H. The zero-order valence-electron chi connectivity index (χ0n) is 9.88. The molecule has 0 fully saturated rings. The molecule has 3 aromatic rings. The van der Waals surface area contributed by atoms with E-state index in [9.17, 15) is 0 Å². The molecule has 1 nitrogen and oxygen atoms in total. The zero-order chi connectivity index (χ0) is 12.4. The summed E-state index contributed by atoms with van der Waals surface area (Å²) in [7, 11) is 1.12. The van der Waals surface area contributed by atoms with Crippen molar-refractivity contribution in [3.05, 3.63) is 66.7 Å². The van der Waals surface area contributed by atoms with Gasteiger partial charge in [-0.25, -0.2) is 0 Å². The number of benzene rings is 3. The maximum Gasteiger partial charge on any atom is 0.326 e. The lowest BCUT2D eigenvalue weighted by atomic mass is 9.87. The predicted molar refractivity (Wildman–Crippen MR) is 77.0 cm³/mol. The van der Waals surface area contributed by atoms with E-state index in [0.29, 0.717) is 0 Å². The smallest absolute Gasteiger partial charge is 0.326 e. The Morgan fingerprint density at radius 1 is 0.667 bits per heavy atom. The van der Waals surface area contributed by atoms with E-state index >= 15 is 0 Å². The Labute approximate surface area is 107 Å². The van der Waals surface area contributed by atoms with Gasteiger partial charge in [-0.3, -0.25) is 0 Å². The number of hydrogen-bond acceptors (Lipinski definition) is 1. The molecule has 0 bridgehead atoms. The van der Waals surface area contributed by atoms with Crippen molar-refractivity contribution in [3.63, 3.8) is 0 Å². The van der Waals surface area contributed by atoms with Gasteiger partial charge in [0.2, 0.25) is 0 Å². The molecule has 0 amide bonds. The summed E-state index contributed by atoms with van der Waals surface area (Å²) in [4.78, 5) is 0. The average molecular weight is 231 g/mol. The Morgan fingerprint density at radius 2 is 1.33 bits per heavy atom. The van der Waals surface area contributed by atoms with Crippen LogP contribution in [0.15, 0.2) is 66.7 Å². The molecular formula is C16H12BO. The largest absolute Gasteiger partial charge is 0.450 e. The Morgan fingerprint density at radius 3 is 2.06 bits per heavy atom. The van der Waals surface area contributed by atoms with E-state index in [4.69, 9.17) is 5.02 Å². The molecule has 3 aromatic carbocycles. The molecule has 0 aliphatic heterocycles. The molecular weight excluding hydrogens is 219 g/mol. The molecule has 1 N–H and O–H groups in total. The minimum absolute atomic E-state index is 0.819. The van der Waals surface area contributed by atoms with Crippen molar-refractivity contribution in [2.45, 2.75) is 0 Å². The molecule has 18 heavy (non-hydrogen) atoms. The van der Waals surface area contributed by atoms with Gasteiger partial charge in [0.15, 0.2) is 0 Å². The summed E-state index contributed by atoms with van der Waals surface area (Å²) < 4.78 is 0. The molecule has 3 rings (SSSR count). The molecule has 85 valence electrons. The second kappa shape index (κ2) is 4.67. The molecule has 0 atom stereocenters. The Hall–Kier alpha value is -2.06. The third-order valence-corrected chi connectivity index (χ3v) is 3.14. The zero-order valence-corrected chi connectivity index (χ0v) is 9.88. The fourth-order valence-corrected chi connectivity index (χ4v) is 2.13. The molecule has 1 radical (unpaired) electrons. The van der Waals surface area contributed by atoms with Crippen molar-refractivity contribution >= 4 is 23.7 Å². The molecule has 0 unspecified atom stereocenters. The van der Waals surface area contributed by atoms with Gasteiger partial charge in [0.05, 0.1) is 0 Å². The number of fused-ring (bicyclic) bond motifs is 1. The quantitative estimate of drug-likeness (QED) is 0.672. The number of hydrogen-bond donors (Lipinski definition) is 1. The van der Waals surface area contributed by atoms with Crippen molar-refractivity contribution in [1.29, 1.82) is 0 Å². The summed E-state index contributed by atoms with van der Waals surface area (Å²) in [5.41, 5.74) is 3.17. The van der Waals surface area contributed by atoms with Crippen LogP contribution in [-0.2, 0) is 0 Å². The van der Waals surface area contributed by atoms with Crippen molar-refractivity contribution in [2.75, 3.05) is 0 Å². The second-order valence-corrected chi connectivity index (χ2v) is 4.31. The van der Waals surface area contributed by atoms with Crippen LogP contribution in [-0.4, -0.2) is 12.5 Å². The van der Waals surface area contributed by atoms with Crippen molar-refractivity contribution in [3.8, 4) is 11.1 Å². The Balaban J connectivity index is 2.07. The van der Waals surface area contributed by atoms with Gasteiger partial charge in [0.1, 0.15) is 0 Å². The first kappa shape index (κ1) is 11.1. The minimum Gasteiger partial charge on any atom is -0.450 e. The molecule has 0 aromatic heterocycles. The van der Waals surface area contributed by atoms with E-state index in [-0.39, 0.29) is 0 Å². The molecule has 2 heteroatoms. The lowest BCUT2D eigenvalue weighted by Gasteiger charge is -2.05. The first-order chi connectivity index (χ1) is 8.86. The SMILES string of the molecule is O[B]c1ccc(-c2ccc3ccccc3c2)cc1. The van der Waals surface area contributed by atoms with Gasteiger partial charge in [-0.1, -0.05) is 66.1 Å². The molecule has 0 heterocycles. The first-order valence-corrected chi connectivity index (χ1v) is 5.93. The van der Waals surface area contributed by atoms with Gasteiger partial charge in [-0.05, 0) is 28.0 Å². The van der Waals surface area contributed by atoms with Crippen molar-refractivity contribution in [2.24, 2.45) is 0 Å². The van der Waals surface area contributed by atoms with Crippen molar-refractivity contribution < 1.29 is 5.02 Å². The average Bonchev–Trinajstić information content (AvgIpc) is 2.47. The van der Waals surface area contributed by atoms with Crippen LogP contribution in [0.25, 0.3) is 21.9 Å². The Bertz CT molecular complexity index is 674. The van der Waals surface area contributed by atoms with E-state index in [1.165, 1.54) is 16.3 Å². The van der Waals surface area contributed by atoms with Gasteiger partial charge >= 0.3 is 7.48 Å². The lowest BCUT2D eigenvalue weighted by Crippen LogP contribution is -2.11. The molecule has 0 aliphatic carbocycles. The van der Waals surface area contributed by atoms with Crippen LogP contribution in [0.5, 0.6) is 0 Å². The van der Waals surface area contributed by atoms with Crippen LogP contribution < -0.4 is 5.46 Å². The lowest BCUT2D eigenvalue weighted by molar-refractivity contribution is 0.615. The normalized spacial score (nSPS) is 10.5. The summed E-state index contributed by atoms with van der Waals surface area (Å²) >= 11 is 0. The highest BCUT2D eigenvalue weighted by Gasteiger charge is 2.00. The van der Waals surface area contributed by atoms with Crippen LogP contribution >= 0.6 is 0 Å². The van der Waals surface area contributed by atoms with Crippen LogP contribution in [0.1, 0.15) is 0 Å². The first-order valence-electron chi connectivity index (χ1n) is 5.93. The molecule has 0 saturated heterocycles. The summed E-state index contributed by atoms with van der Waals surface area (Å²) in [6, 6.07) is 22.6. The van der Waals surface area contributed by atoms with Gasteiger partial charge in [-0.2, -0.15) is 0 Å². The van der Waals surface area contributed by atoms with Crippen molar-refractivity contribution in [1.82, 2.24) is 0 Å². The van der Waals surface area contributed by atoms with Crippen LogP contribution in [0, 0.1) is 0 Å². The van der Waals surface area contributed by atoms with Gasteiger partial charge in [-0.15, -0.1) is 0 Å². The third-order valence-electron chi connectivity index (χ3n) is 3.14. The van der Waals surface area contributed by atoms with E-state index in [1.54, 1.807) is 0 Å². The Kier molecular flexibility index (Phi) is 2.87. The summed E-state index contributed by atoms with van der Waals surface area (Å²) in [6.45, 7) is 0. The topological polar surface area (TPSA) is 20.2 Å². The highest BCUT2D eigenvalue weighted by molar-refractivity contribution is 6.45. The molecule has 0 spiro atoms. The third kappa shape index (κ3) is 2.03. The maximum absolute atomic E-state index is 8.92. The summed E-state index contributed by atoms with van der Waals surface area (Å²) in [5, 5.41) is 11.4.